The van der Waals surface area contributed by atoms with E-state index in [2.05, 4.69) is 31.8 Å². The van der Waals surface area contributed by atoms with Crippen molar-refractivity contribution in [3.63, 3.8) is 0 Å². The molecule has 39 heavy (non-hydrogen) atoms. The number of hydrogen-bond donors (Lipinski definition) is 3. The third kappa shape index (κ3) is 5.76. The van der Waals surface area contributed by atoms with Crippen LogP contribution in [0.4, 0.5) is 10.1 Å². The lowest BCUT2D eigenvalue weighted by molar-refractivity contribution is -0.00177. The smallest absolute Gasteiger partial charge is 0.255 e. The Morgan fingerprint density at radius 1 is 1.26 bits per heavy atom. The second-order valence-corrected chi connectivity index (χ2v) is 10.5. The minimum absolute atomic E-state index is 0.108. The number of amides is 1. The molecule has 1 aliphatic carbocycles. The summed E-state index contributed by atoms with van der Waals surface area (Å²) in [5.74, 6) is 0.705. The highest BCUT2D eigenvalue weighted by molar-refractivity contribution is 6.00. The number of fused-ring (bicyclic) bond motifs is 1. The number of pyridine rings is 1. The fourth-order valence-electron chi connectivity index (χ4n) is 4.85. The number of nitrogens with one attached hydrogen (secondary N) is 2. The van der Waals surface area contributed by atoms with Crippen LogP contribution >= 0.6 is 0 Å². The summed E-state index contributed by atoms with van der Waals surface area (Å²) in [7, 11) is 0. The Morgan fingerprint density at radius 2 is 2.05 bits per heavy atom. The summed E-state index contributed by atoms with van der Waals surface area (Å²) in [5, 5.41) is 29.6. The zero-order chi connectivity index (χ0) is 27.6. The maximum Gasteiger partial charge on any atom is 0.255 e. The van der Waals surface area contributed by atoms with Gasteiger partial charge in [-0.15, -0.1) is 0 Å². The maximum atomic E-state index is 14.3. The Hall–Kier alpha value is -4.30. The Balaban J connectivity index is 1.41. The first-order chi connectivity index (χ1) is 18.7. The largest absolute Gasteiger partial charge is 0.448 e. The van der Waals surface area contributed by atoms with Crippen molar-refractivity contribution >= 4 is 17.1 Å². The minimum atomic E-state index is -1.63. The molecule has 0 spiro atoms. The van der Waals surface area contributed by atoms with Gasteiger partial charge in [-0.05, 0) is 63.8 Å². The third-order valence-electron chi connectivity index (χ3n) is 7.19. The first-order valence-corrected chi connectivity index (χ1v) is 12.9. The van der Waals surface area contributed by atoms with Crippen LogP contribution in [0.1, 0.15) is 67.1 Å². The molecule has 1 aliphatic rings. The highest BCUT2D eigenvalue weighted by Gasteiger charge is 2.28. The van der Waals surface area contributed by atoms with E-state index in [1.165, 1.54) is 32.6 Å². The molecule has 5 rings (SSSR count). The lowest BCUT2D eigenvalue weighted by Gasteiger charge is -2.29. The highest BCUT2D eigenvalue weighted by Crippen LogP contribution is 2.35. The standard InChI is InChI=1S/C28H30FN7O3/c1-28(2,38)26(29)15-33-27(37)21-13-32-23(24-8-7-20-9-17(11-30)12-34-36(20)24)10-22(21)35-19-5-3-18(4-6-19)25-14-31-16-39-25/h7-10,12-14,16,18-19,26,38H,3-6,15H2,1-2H3,(H,32,35)(H,33,37)/t18?,19?,26-/m1/s1. The van der Waals surface area contributed by atoms with E-state index in [4.69, 9.17) is 4.42 Å². The minimum Gasteiger partial charge on any atom is -0.448 e. The summed E-state index contributed by atoms with van der Waals surface area (Å²) >= 11 is 0. The fourth-order valence-corrected chi connectivity index (χ4v) is 4.85. The van der Waals surface area contributed by atoms with Crippen LogP contribution in [0, 0.1) is 11.3 Å². The Kier molecular flexibility index (Phi) is 7.30. The lowest BCUT2D eigenvalue weighted by Crippen LogP contribution is -2.42. The number of aliphatic hydroxyl groups is 1. The number of carbonyl (C=O) groups is 1. The van der Waals surface area contributed by atoms with Gasteiger partial charge in [0.25, 0.3) is 5.91 Å². The molecule has 0 unspecified atom stereocenters. The first-order valence-electron chi connectivity index (χ1n) is 12.9. The van der Waals surface area contributed by atoms with Crippen LogP contribution in [0.2, 0.25) is 0 Å². The molecule has 1 fully saturated rings. The molecule has 0 saturated heterocycles. The number of nitrogens with zero attached hydrogens (tertiary/aromatic N) is 5. The van der Waals surface area contributed by atoms with Crippen LogP contribution in [-0.2, 0) is 0 Å². The number of alkyl halides is 1. The second-order valence-electron chi connectivity index (χ2n) is 10.5. The van der Waals surface area contributed by atoms with Crippen molar-refractivity contribution in [2.75, 3.05) is 11.9 Å². The van der Waals surface area contributed by atoms with Crippen LogP contribution in [0.25, 0.3) is 16.9 Å². The first kappa shape index (κ1) is 26.3. The number of rotatable bonds is 8. The van der Waals surface area contributed by atoms with Crippen molar-refractivity contribution in [1.82, 2.24) is 24.9 Å². The fraction of sp³-hybridized carbons (Fsp3) is 0.393. The number of nitriles is 1. The highest BCUT2D eigenvalue weighted by atomic mass is 19.1. The molecule has 1 atom stereocenters. The van der Waals surface area contributed by atoms with Gasteiger partial charge in [-0.1, -0.05) is 0 Å². The topological polar surface area (TPSA) is 141 Å². The predicted molar refractivity (Wildman–Crippen MR) is 142 cm³/mol. The number of aromatic nitrogens is 4. The van der Waals surface area contributed by atoms with E-state index in [0.29, 0.717) is 28.6 Å². The molecule has 4 heterocycles. The van der Waals surface area contributed by atoms with Crippen LogP contribution in [0.15, 0.2) is 53.7 Å². The molecule has 3 N–H and O–H groups in total. The molecule has 1 amide bonds. The SMILES string of the molecule is CC(C)(O)[C@H](F)CNC(=O)c1cnc(-c2ccc3cc(C#N)cnn23)cc1NC1CCC(c2cnco2)CC1. The van der Waals surface area contributed by atoms with Gasteiger partial charge in [0.05, 0.1) is 58.3 Å². The zero-order valence-corrected chi connectivity index (χ0v) is 21.8. The monoisotopic (exact) mass is 531 g/mol. The molecule has 0 radical (unpaired) electrons. The van der Waals surface area contributed by atoms with Crippen LogP contribution < -0.4 is 10.6 Å². The van der Waals surface area contributed by atoms with E-state index in [0.717, 1.165) is 37.0 Å². The van der Waals surface area contributed by atoms with Crippen molar-refractivity contribution in [2.24, 2.45) is 0 Å². The molecular weight excluding hydrogens is 501 g/mol. The molecule has 4 aromatic rings. The normalized spacial score (nSPS) is 18.4. The van der Waals surface area contributed by atoms with Crippen LogP contribution in [0.5, 0.6) is 0 Å². The molecule has 11 heteroatoms. The average molecular weight is 532 g/mol. The lowest BCUT2D eigenvalue weighted by atomic mass is 9.84. The molecule has 202 valence electrons. The van der Waals surface area contributed by atoms with Crippen molar-refractivity contribution in [1.29, 1.82) is 5.26 Å². The van der Waals surface area contributed by atoms with Crippen molar-refractivity contribution < 1.29 is 18.7 Å². The Labute approximate surface area is 224 Å². The van der Waals surface area contributed by atoms with E-state index in [9.17, 15) is 19.6 Å². The molecule has 0 aliphatic heterocycles. The molecule has 10 nitrogen and oxygen atoms in total. The number of halogens is 1. The van der Waals surface area contributed by atoms with E-state index < -0.39 is 17.7 Å². The van der Waals surface area contributed by atoms with Gasteiger partial charge in [0.1, 0.15) is 18.0 Å². The molecule has 1 saturated carbocycles. The van der Waals surface area contributed by atoms with Gasteiger partial charge in [0.15, 0.2) is 6.39 Å². The number of anilines is 1. The summed E-state index contributed by atoms with van der Waals surface area (Å²) in [6.45, 7) is 2.38. The molecular formula is C28H30FN7O3. The molecule has 0 bridgehead atoms. The van der Waals surface area contributed by atoms with E-state index in [1.807, 2.05) is 12.1 Å². The third-order valence-corrected chi connectivity index (χ3v) is 7.19. The maximum absolute atomic E-state index is 14.3. The summed E-state index contributed by atoms with van der Waals surface area (Å²) < 4.78 is 21.5. The van der Waals surface area contributed by atoms with Crippen molar-refractivity contribution in [3.8, 4) is 17.5 Å². The summed E-state index contributed by atoms with van der Waals surface area (Å²) in [6.07, 6.45) is 8.08. The van der Waals surface area contributed by atoms with E-state index in [-0.39, 0.29) is 18.2 Å². The van der Waals surface area contributed by atoms with E-state index in [1.54, 1.807) is 22.8 Å². The van der Waals surface area contributed by atoms with Gasteiger partial charge in [0, 0.05) is 18.2 Å². The van der Waals surface area contributed by atoms with Crippen molar-refractivity contribution in [3.05, 3.63) is 66.1 Å². The van der Waals surface area contributed by atoms with E-state index >= 15 is 0 Å². The molecule has 4 aromatic heterocycles. The zero-order valence-electron chi connectivity index (χ0n) is 21.8. The Morgan fingerprint density at radius 3 is 2.74 bits per heavy atom. The molecule has 0 aromatic carbocycles. The summed E-state index contributed by atoms with van der Waals surface area (Å²) in [6, 6.07) is 9.43. The Bertz CT molecular complexity index is 1500. The predicted octanol–water partition coefficient (Wildman–Crippen LogP) is 4.23. The average Bonchev–Trinajstić information content (AvgIpc) is 3.61. The van der Waals surface area contributed by atoms with Gasteiger partial charge < -0.3 is 20.2 Å². The van der Waals surface area contributed by atoms with Crippen LogP contribution in [0.3, 0.4) is 0 Å². The van der Waals surface area contributed by atoms with Crippen molar-refractivity contribution in [2.45, 2.75) is 63.3 Å². The number of oxazole rings is 1. The van der Waals surface area contributed by atoms with Gasteiger partial charge in [-0.2, -0.15) is 10.4 Å². The second kappa shape index (κ2) is 10.8. The van der Waals surface area contributed by atoms with Crippen LogP contribution in [-0.4, -0.2) is 55.0 Å². The van der Waals surface area contributed by atoms with Gasteiger partial charge in [0.2, 0.25) is 0 Å². The number of carbonyl (C=O) groups excluding carboxylic acids is 1. The quantitative estimate of drug-likeness (QED) is 0.307. The summed E-state index contributed by atoms with van der Waals surface area (Å²) in [4.78, 5) is 21.7. The van der Waals surface area contributed by atoms with Gasteiger partial charge >= 0.3 is 0 Å². The van der Waals surface area contributed by atoms with Gasteiger partial charge in [-0.3, -0.25) is 9.78 Å². The summed E-state index contributed by atoms with van der Waals surface area (Å²) in [5.41, 5.74) is 1.75. The van der Waals surface area contributed by atoms with Gasteiger partial charge in [-0.25, -0.2) is 13.9 Å². The number of hydrogen-bond acceptors (Lipinski definition) is 8.